The number of hydrogen-bond acceptors (Lipinski definition) is 1. The van der Waals surface area contributed by atoms with Gasteiger partial charge in [-0.2, -0.15) is 0 Å². The van der Waals surface area contributed by atoms with E-state index in [4.69, 9.17) is 5.73 Å². The first-order valence-electron chi connectivity index (χ1n) is 8.18. The molecule has 2 aromatic carbocycles. The second kappa shape index (κ2) is 7.75. The van der Waals surface area contributed by atoms with E-state index in [1.807, 2.05) is 30.3 Å². The second-order valence-corrected chi connectivity index (χ2v) is 9.81. The normalized spacial score (nSPS) is 12.4. The lowest BCUT2D eigenvalue weighted by molar-refractivity contribution is 1.02. The quantitative estimate of drug-likeness (QED) is 0.471. The molecule has 0 atom stereocenters. The third-order valence-corrected chi connectivity index (χ3v) is 6.98. The van der Waals surface area contributed by atoms with Crippen molar-refractivity contribution in [3.05, 3.63) is 59.7 Å². The van der Waals surface area contributed by atoms with Crippen molar-refractivity contribution in [1.29, 1.82) is 0 Å². The summed E-state index contributed by atoms with van der Waals surface area (Å²) in [7, 11) is -0.279. The Morgan fingerprint density at radius 2 is 1.57 bits per heavy atom. The smallest absolute Gasteiger partial charge is 0.131 e. The Labute approximate surface area is 141 Å². The van der Waals surface area contributed by atoms with Crippen molar-refractivity contribution in [1.82, 2.24) is 0 Å². The van der Waals surface area contributed by atoms with Gasteiger partial charge in [-0.15, -0.1) is 0 Å². The predicted molar refractivity (Wildman–Crippen MR) is 105 cm³/mol. The number of rotatable bonds is 5. The summed E-state index contributed by atoms with van der Waals surface area (Å²) in [4.78, 5) is 4.63. The molecular formula is C20H27N2P. The Kier molecular flexibility index (Phi) is 5.96. The van der Waals surface area contributed by atoms with Gasteiger partial charge in [0.1, 0.15) is 5.84 Å². The van der Waals surface area contributed by atoms with Gasteiger partial charge in [-0.25, -0.2) is 4.99 Å². The Morgan fingerprint density at radius 3 is 2.13 bits per heavy atom. The minimum atomic E-state index is -0.279. The fourth-order valence-corrected chi connectivity index (χ4v) is 6.05. The van der Waals surface area contributed by atoms with Gasteiger partial charge in [-0.3, -0.25) is 0 Å². The number of benzene rings is 2. The molecule has 2 rings (SSSR count). The maximum absolute atomic E-state index is 6.38. The molecule has 2 nitrogen and oxygen atoms in total. The van der Waals surface area contributed by atoms with Crippen LogP contribution in [-0.4, -0.2) is 17.2 Å². The molecule has 0 aliphatic rings. The van der Waals surface area contributed by atoms with E-state index < -0.39 is 0 Å². The fourth-order valence-electron chi connectivity index (χ4n) is 2.93. The first-order chi connectivity index (χ1) is 10.9. The van der Waals surface area contributed by atoms with Crippen LogP contribution in [0, 0.1) is 6.92 Å². The highest BCUT2D eigenvalue weighted by Gasteiger charge is 2.23. The van der Waals surface area contributed by atoms with Crippen molar-refractivity contribution >= 4 is 24.7 Å². The van der Waals surface area contributed by atoms with Crippen LogP contribution in [0.25, 0.3) is 0 Å². The summed E-state index contributed by atoms with van der Waals surface area (Å²) in [6.07, 6.45) is 0. The van der Waals surface area contributed by atoms with E-state index in [0.717, 1.165) is 11.3 Å². The number of hydrogen-bond donors (Lipinski definition) is 1. The van der Waals surface area contributed by atoms with Gasteiger partial charge in [-0.1, -0.05) is 77.6 Å². The van der Waals surface area contributed by atoms with Gasteiger partial charge in [0.05, 0.1) is 5.69 Å². The van der Waals surface area contributed by atoms with Crippen LogP contribution in [0.3, 0.4) is 0 Å². The maximum atomic E-state index is 6.38. The average Bonchev–Trinajstić information content (AvgIpc) is 2.47. The molecule has 23 heavy (non-hydrogen) atoms. The highest BCUT2D eigenvalue weighted by Crippen LogP contribution is 2.45. The molecule has 2 aromatic rings. The maximum Gasteiger partial charge on any atom is 0.131 e. The highest BCUT2D eigenvalue weighted by molar-refractivity contribution is 7.67. The van der Waals surface area contributed by atoms with Crippen LogP contribution in [0.5, 0.6) is 0 Å². The summed E-state index contributed by atoms with van der Waals surface area (Å²) < 4.78 is 0. The van der Waals surface area contributed by atoms with Crippen molar-refractivity contribution in [3.63, 3.8) is 0 Å². The van der Waals surface area contributed by atoms with Crippen molar-refractivity contribution in [2.75, 3.05) is 0 Å². The fraction of sp³-hybridized carbons (Fsp3) is 0.350. The van der Waals surface area contributed by atoms with E-state index in [-0.39, 0.29) is 7.92 Å². The zero-order chi connectivity index (χ0) is 17.0. The van der Waals surface area contributed by atoms with Crippen molar-refractivity contribution < 1.29 is 0 Å². The van der Waals surface area contributed by atoms with Crippen molar-refractivity contribution in [2.24, 2.45) is 10.7 Å². The standard InChI is InChI=1S/C20H27N2P/c1-14(2)23(15(3)4)19-13-16(5)11-12-18(19)20(21)22-17-9-7-6-8-10-17/h6-15H,1-5H3,(H2,21,22). The summed E-state index contributed by atoms with van der Waals surface area (Å²) in [5.74, 6) is 0.611. The number of nitrogens with zero attached hydrogens (tertiary/aromatic N) is 1. The first kappa shape index (κ1) is 17.7. The highest BCUT2D eigenvalue weighted by atomic mass is 31.1. The summed E-state index contributed by atoms with van der Waals surface area (Å²) in [5.41, 5.74) is 10.9. The third-order valence-electron chi connectivity index (χ3n) is 3.83. The summed E-state index contributed by atoms with van der Waals surface area (Å²) in [5, 5.41) is 1.38. The van der Waals surface area contributed by atoms with Gasteiger partial charge in [0.2, 0.25) is 0 Å². The third kappa shape index (κ3) is 4.42. The Bertz CT molecular complexity index is 667. The molecule has 0 fully saturated rings. The van der Waals surface area contributed by atoms with Gasteiger partial charge in [0.15, 0.2) is 0 Å². The number of amidine groups is 1. The zero-order valence-electron chi connectivity index (χ0n) is 14.7. The summed E-state index contributed by atoms with van der Waals surface area (Å²) in [6.45, 7) is 11.4. The molecule has 0 spiro atoms. The SMILES string of the molecule is Cc1ccc(C(N)=Nc2ccccc2)c(P(C(C)C)C(C)C)c1. The molecule has 0 radical (unpaired) electrons. The largest absolute Gasteiger partial charge is 0.383 e. The predicted octanol–water partition coefficient (Wildman–Crippen LogP) is 4.96. The van der Waals surface area contributed by atoms with E-state index >= 15 is 0 Å². The summed E-state index contributed by atoms with van der Waals surface area (Å²) in [6, 6.07) is 16.5. The molecule has 0 amide bonds. The number of aliphatic imine (C=N–C) groups is 1. The molecule has 122 valence electrons. The molecule has 0 saturated heterocycles. The number of aryl methyl sites for hydroxylation is 1. The molecule has 0 aliphatic carbocycles. The Hall–Kier alpha value is -1.66. The van der Waals surface area contributed by atoms with E-state index in [9.17, 15) is 0 Å². The van der Waals surface area contributed by atoms with Gasteiger partial charge in [-0.05, 0) is 35.7 Å². The zero-order valence-corrected chi connectivity index (χ0v) is 15.6. The van der Waals surface area contributed by atoms with Gasteiger partial charge < -0.3 is 5.73 Å². The minimum Gasteiger partial charge on any atom is -0.383 e. The minimum absolute atomic E-state index is 0.279. The van der Waals surface area contributed by atoms with Crippen LogP contribution in [0.2, 0.25) is 0 Å². The van der Waals surface area contributed by atoms with E-state index in [1.54, 1.807) is 0 Å². The number of nitrogens with two attached hydrogens (primary N) is 1. The van der Waals surface area contributed by atoms with Crippen LogP contribution in [0.15, 0.2) is 53.5 Å². The second-order valence-electron chi connectivity index (χ2n) is 6.45. The Balaban J connectivity index is 2.52. The lowest BCUT2D eigenvalue weighted by atomic mass is 10.1. The van der Waals surface area contributed by atoms with Crippen LogP contribution in [0.1, 0.15) is 38.8 Å². The van der Waals surface area contributed by atoms with Crippen LogP contribution < -0.4 is 11.0 Å². The van der Waals surface area contributed by atoms with E-state index in [2.05, 4.69) is 57.8 Å². The molecule has 0 saturated carbocycles. The molecule has 2 N–H and O–H groups in total. The molecule has 0 aromatic heterocycles. The van der Waals surface area contributed by atoms with Gasteiger partial charge >= 0.3 is 0 Å². The van der Waals surface area contributed by atoms with Crippen LogP contribution >= 0.6 is 7.92 Å². The van der Waals surface area contributed by atoms with Crippen molar-refractivity contribution in [3.8, 4) is 0 Å². The molecular weight excluding hydrogens is 299 g/mol. The Morgan fingerprint density at radius 1 is 0.957 bits per heavy atom. The molecule has 3 heteroatoms. The van der Waals surface area contributed by atoms with Crippen molar-refractivity contribution in [2.45, 2.75) is 45.9 Å². The summed E-state index contributed by atoms with van der Waals surface area (Å²) >= 11 is 0. The van der Waals surface area contributed by atoms with Crippen LogP contribution in [-0.2, 0) is 0 Å². The van der Waals surface area contributed by atoms with E-state index in [1.165, 1.54) is 10.9 Å². The van der Waals surface area contributed by atoms with Gasteiger partial charge in [0, 0.05) is 5.56 Å². The first-order valence-corrected chi connectivity index (χ1v) is 9.66. The lowest BCUT2D eigenvalue weighted by Crippen LogP contribution is -2.26. The lowest BCUT2D eigenvalue weighted by Gasteiger charge is -2.28. The topological polar surface area (TPSA) is 38.4 Å². The molecule has 0 heterocycles. The molecule has 0 unspecified atom stereocenters. The van der Waals surface area contributed by atoms with Crippen LogP contribution in [0.4, 0.5) is 5.69 Å². The molecule has 0 aliphatic heterocycles. The van der Waals surface area contributed by atoms with E-state index in [0.29, 0.717) is 17.2 Å². The average molecular weight is 326 g/mol. The monoisotopic (exact) mass is 326 g/mol. The van der Waals surface area contributed by atoms with Gasteiger partial charge in [0.25, 0.3) is 0 Å². The molecule has 0 bridgehead atoms. The number of para-hydroxylation sites is 1.